The normalized spacial score (nSPS) is 44.7. The largest absolute Gasteiger partial charge is 0.369 e. The van der Waals surface area contributed by atoms with Crippen molar-refractivity contribution in [2.45, 2.75) is 26.7 Å². The molecular formula is C10H15NO. The molecule has 1 fully saturated rings. The zero-order valence-electron chi connectivity index (χ0n) is 7.63. The molecule has 2 bridgehead atoms. The lowest BCUT2D eigenvalue weighted by Gasteiger charge is -2.55. The summed E-state index contributed by atoms with van der Waals surface area (Å²) >= 11 is 0. The highest BCUT2D eigenvalue weighted by Gasteiger charge is 2.57. The summed E-state index contributed by atoms with van der Waals surface area (Å²) in [5, 5.41) is 0. The van der Waals surface area contributed by atoms with Crippen molar-refractivity contribution in [3.05, 3.63) is 11.6 Å². The van der Waals surface area contributed by atoms with Gasteiger partial charge in [0, 0.05) is 0 Å². The molecule has 0 aromatic carbocycles. The molecule has 2 nitrogen and oxygen atoms in total. The van der Waals surface area contributed by atoms with E-state index in [1.165, 1.54) is 12.0 Å². The Labute approximate surface area is 72.8 Å². The van der Waals surface area contributed by atoms with Crippen molar-refractivity contribution in [3.8, 4) is 0 Å². The van der Waals surface area contributed by atoms with Crippen LogP contribution in [0.1, 0.15) is 26.7 Å². The van der Waals surface area contributed by atoms with Gasteiger partial charge >= 0.3 is 0 Å². The lowest BCUT2D eigenvalue weighted by atomic mass is 9.48. The maximum absolute atomic E-state index is 11.3. The minimum Gasteiger partial charge on any atom is -0.369 e. The third kappa shape index (κ3) is 0.680. The van der Waals surface area contributed by atoms with E-state index in [2.05, 4.69) is 13.0 Å². The van der Waals surface area contributed by atoms with E-state index in [1.54, 1.807) is 0 Å². The van der Waals surface area contributed by atoms with Crippen LogP contribution in [0.3, 0.4) is 0 Å². The summed E-state index contributed by atoms with van der Waals surface area (Å²) < 4.78 is 0. The van der Waals surface area contributed by atoms with Gasteiger partial charge in [-0.2, -0.15) is 0 Å². The number of allylic oxidation sites excluding steroid dienone is 2. The number of primary amides is 1. The third-order valence-corrected chi connectivity index (χ3v) is 3.90. The quantitative estimate of drug-likeness (QED) is 0.587. The van der Waals surface area contributed by atoms with Gasteiger partial charge in [-0.1, -0.05) is 11.6 Å². The summed E-state index contributed by atoms with van der Waals surface area (Å²) in [5.74, 6) is 0.841. The summed E-state index contributed by atoms with van der Waals surface area (Å²) in [6.45, 7) is 4.13. The minimum atomic E-state index is -0.223. The zero-order valence-corrected chi connectivity index (χ0v) is 7.63. The van der Waals surface area contributed by atoms with Crippen molar-refractivity contribution in [2.75, 3.05) is 0 Å². The number of hydrogen-bond acceptors (Lipinski definition) is 1. The smallest absolute Gasteiger partial charge is 0.224 e. The Kier molecular flexibility index (Phi) is 1.39. The molecule has 1 saturated carbocycles. The molecule has 3 atom stereocenters. The van der Waals surface area contributed by atoms with Gasteiger partial charge in [-0.05, 0) is 38.5 Å². The van der Waals surface area contributed by atoms with Crippen LogP contribution >= 0.6 is 0 Å². The van der Waals surface area contributed by atoms with Gasteiger partial charge in [0.05, 0.1) is 5.41 Å². The van der Waals surface area contributed by atoms with Crippen molar-refractivity contribution < 1.29 is 4.79 Å². The summed E-state index contributed by atoms with van der Waals surface area (Å²) in [7, 11) is 0. The molecule has 0 spiro atoms. The van der Waals surface area contributed by atoms with Crippen molar-refractivity contribution in [1.82, 2.24) is 0 Å². The molecule has 0 unspecified atom stereocenters. The summed E-state index contributed by atoms with van der Waals surface area (Å²) in [5.41, 5.74) is 6.55. The van der Waals surface area contributed by atoms with Crippen LogP contribution in [0.4, 0.5) is 0 Å². The fourth-order valence-corrected chi connectivity index (χ4v) is 2.74. The van der Waals surface area contributed by atoms with Crippen LogP contribution in [-0.2, 0) is 4.79 Å². The first-order valence-electron chi connectivity index (χ1n) is 4.53. The molecule has 0 saturated heterocycles. The first-order chi connectivity index (χ1) is 5.56. The van der Waals surface area contributed by atoms with Crippen LogP contribution in [0.15, 0.2) is 11.6 Å². The molecule has 0 aliphatic heterocycles. The number of rotatable bonds is 1. The number of fused-ring (bicyclic) bond motifs is 1. The Hall–Kier alpha value is -0.790. The van der Waals surface area contributed by atoms with E-state index in [4.69, 9.17) is 5.73 Å². The molecule has 2 heteroatoms. The molecule has 2 N–H and O–H groups in total. The van der Waals surface area contributed by atoms with Crippen LogP contribution in [0.5, 0.6) is 0 Å². The standard InChI is InChI=1S/C10H15NO/c1-6-3-4-7-5-8(6)10(7,2)9(11)12/h3,7-8H,4-5H2,1-2H3,(H2,11,12)/t7-,8-,10-/m1/s1. The predicted octanol–water partition coefficient (Wildman–Crippen LogP) is 1.46. The van der Waals surface area contributed by atoms with Crippen molar-refractivity contribution in [3.63, 3.8) is 0 Å². The fourth-order valence-electron chi connectivity index (χ4n) is 2.74. The molecule has 3 aliphatic rings. The van der Waals surface area contributed by atoms with E-state index < -0.39 is 0 Å². The van der Waals surface area contributed by atoms with Gasteiger partial charge in [-0.25, -0.2) is 0 Å². The molecule has 0 aromatic heterocycles. The van der Waals surface area contributed by atoms with E-state index in [1.807, 2.05) is 6.92 Å². The average molecular weight is 165 g/mol. The van der Waals surface area contributed by atoms with E-state index in [0.29, 0.717) is 11.8 Å². The maximum Gasteiger partial charge on any atom is 0.224 e. The summed E-state index contributed by atoms with van der Waals surface area (Å²) in [6.07, 6.45) is 4.47. The highest BCUT2D eigenvalue weighted by molar-refractivity contribution is 5.83. The molecule has 66 valence electrons. The lowest BCUT2D eigenvalue weighted by Crippen LogP contribution is -2.57. The summed E-state index contributed by atoms with van der Waals surface area (Å²) in [6, 6.07) is 0. The Balaban J connectivity index is 2.34. The van der Waals surface area contributed by atoms with Crippen LogP contribution in [0.2, 0.25) is 0 Å². The monoisotopic (exact) mass is 165 g/mol. The minimum absolute atomic E-state index is 0.115. The number of carbonyl (C=O) groups is 1. The van der Waals surface area contributed by atoms with Crippen LogP contribution < -0.4 is 5.73 Å². The molecule has 0 radical (unpaired) electrons. The molecule has 0 aromatic rings. The Morgan fingerprint density at radius 3 is 2.75 bits per heavy atom. The maximum atomic E-state index is 11.3. The first-order valence-corrected chi connectivity index (χ1v) is 4.53. The van der Waals surface area contributed by atoms with Gasteiger partial charge in [0.2, 0.25) is 5.91 Å². The number of nitrogens with two attached hydrogens (primary N) is 1. The second-order valence-corrected chi connectivity index (χ2v) is 4.32. The SMILES string of the molecule is CC1=CC[C@@H]2C[C@H]1[C@]2(C)C(N)=O. The Bertz CT molecular complexity index is 269. The van der Waals surface area contributed by atoms with Crippen molar-refractivity contribution >= 4 is 5.91 Å². The highest BCUT2D eigenvalue weighted by atomic mass is 16.1. The Morgan fingerprint density at radius 1 is 1.75 bits per heavy atom. The Morgan fingerprint density at radius 2 is 2.42 bits per heavy atom. The molecule has 0 heterocycles. The third-order valence-electron chi connectivity index (χ3n) is 3.90. The van der Waals surface area contributed by atoms with Crippen molar-refractivity contribution in [1.29, 1.82) is 0 Å². The lowest BCUT2D eigenvalue weighted by molar-refractivity contribution is -0.143. The molecule has 12 heavy (non-hydrogen) atoms. The molecule has 1 amide bonds. The predicted molar refractivity (Wildman–Crippen MR) is 47.3 cm³/mol. The van der Waals surface area contributed by atoms with Gasteiger partial charge in [0.1, 0.15) is 0 Å². The van der Waals surface area contributed by atoms with Gasteiger partial charge < -0.3 is 5.73 Å². The van der Waals surface area contributed by atoms with E-state index in [-0.39, 0.29) is 11.3 Å². The number of carbonyl (C=O) groups excluding carboxylic acids is 1. The van der Waals surface area contributed by atoms with Crippen LogP contribution in [-0.4, -0.2) is 5.91 Å². The zero-order chi connectivity index (χ0) is 8.93. The van der Waals surface area contributed by atoms with Crippen LogP contribution in [0.25, 0.3) is 0 Å². The fraction of sp³-hybridized carbons (Fsp3) is 0.700. The molecule has 3 aliphatic carbocycles. The van der Waals surface area contributed by atoms with E-state index in [0.717, 1.165) is 6.42 Å². The van der Waals surface area contributed by atoms with Gasteiger partial charge in [0.25, 0.3) is 0 Å². The second-order valence-electron chi connectivity index (χ2n) is 4.32. The van der Waals surface area contributed by atoms with Gasteiger partial charge in [-0.3, -0.25) is 4.79 Å². The average Bonchev–Trinajstić information content (AvgIpc) is 2.02. The number of hydrogen-bond donors (Lipinski definition) is 1. The topological polar surface area (TPSA) is 43.1 Å². The van der Waals surface area contributed by atoms with Crippen LogP contribution in [0, 0.1) is 17.3 Å². The van der Waals surface area contributed by atoms with Gasteiger partial charge in [0.15, 0.2) is 0 Å². The second kappa shape index (κ2) is 2.12. The van der Waals surface area contributed by atoms with E-state index in [9.17, 15) is 4.79 Å². The number of amides is 1. The van der Waals surface area contributed by atoms with Gasteiger partial charge in [-0.15, -0.1) is 0 Å². The van der Waals surface area contributed by atoms with Crippen molar-refractivity contribution in [2.24, 2.45) is 23.0 Å². The first kappa shape index (κ1) is 7.84. The van der Waals surface area contributed by atoms with E-state index >= 15 is 0 Å². The molecular weight excluding hydrogens is 150 g/mol. The summed E-state index contributed by atoms with van der Waals surface area (Å²) in [4.78, 5) is 11.3. The highest BCUT2D eigenvalue weighted by Crippen LogP contribution is 2.59. The molecule has 3 rings (SSSR count).